The Hall–Kier alpha value is -2.31. The zero-order chi connectivity index (χ0) is 21.1. The highest BCUT2D eigenvalue weighted by Crippen LogP contribution is 2.32. The zero-order valence-corrected chi connectivity index (χ0v) is 19.3. The van der Waals surface area contributed by atoms with Crippen molar-refractivity contribution < 1.29 is 4.79 Å². The molecule has 3 rings (SSSR count). The van der Waals surface area contributed by atoms with Crippen LogP contribution in [0.2, 0.25) is 18.1 Å². The van der Waals surface area contributed by atoms with E-state index in [9.17, 15) is 4.79 Å². The highest BCUT2D eigenvalue weighted by atomic mass is 28.3. The summed E-state index contributed by atoms with van der Waals surface area (Å²) in [6.07, 6.45) is 8.06. The second-order valence-electron chi connectivity index (χ2n) is 8.74. The highest BCUT2D eigenvalue weighted by Gasteiger charge is 2.32. The van der Waals surface area contributed by atoms with Gasteiger partial charge in [0.1, 0.15) is 8.07 Å². The molecule has 1 saturated heterocycles. The maximum atomic E-state index is 12.8. The van der Waals surface area contributed by atoms with Gasteiger partial charge in [-0.2, -0.15) is 0 Å². The fraction of sp³-hybridized carbons (Fsp3) is 0.444. The maximum absolute atomic E-state index is 12.8. The molecule has 0 spiro atoms. The van der Waals surface area contributed by atoms with Crippen molar-refractivity contribution in [2.24, 2.45) is 0 Å². The summed E-state index contributed by atoms with van der Waals surface area (Å²) in [5.74, 6) is 2.97. The molecule has 0 aliphatic carbocycles. The second-order valence-corrected chi connectivity index (χ2v) is 13.1. The molecule has 3 heteroatoms. The third-order valence-corrected chi connectivity index (χ3v) is 10.8. The first-order chi connectivity index (χ1) is 14.7. The topological polar surface area (TPSA) is 29.1 Å². The molecular weight excluding hydrogens is 382 g/mol. The van der Waals surface area contributed by atoms with Gasteiger partial charge in [0.25, 0.3) is 5.91 Å². The molecule has 1 amide bonds. The molecule has 1 heterocycles. The Kier molecular flexibility index (Phi) is 8.77. The Morgan fingerprint density at radius 1 is 0.933 bits per heavy atom. The summed E-state index contributed by atoms with van der Waals surface area (Å²) in [5, 5.41) is 3.24. The number of hydrogen-bond acceptors (Lipinski definition) is 1. The number of carbonyl (C=O) groups excluding carboxylic acids is 1. The van der Waals surface area contributed by atoms with Crippen molar-refractivity contribution in [1.82, 2.24) is 5.32 Å². The lowest BCUT2D eigenvalue weighted by molar-refractivity contribution is -0.116. The van der Waals surface area contributed by atoms with Gasteiger partial charge in [-0.1, -0.05) is 99.7 Å². The van der Waals surface area contributed by atoms with E-state index in [2.05, 4.69) is 72.2 Å². The predicted molar refractivity (Wildman–Crippen MR) is 129 cm³/mol. The summed E-state index contributed by atoms with van der Waals surface area (Å²) >= 11 is 0. The first-order valence-electron chi connectivity index (χ1n) is 11.6. The Morgan fingerprint density at radius 3 is 2.03 bits per heavy atom. The van der Waals surface area contributed by atoms with E-state index in [1.807, 2.05) is 12.1 Å². The number of carbonyl (C=O) groups is 1. The lowest BCUT2D eigenvalue weighted by Gasteiger charge is -2.30. The predicted octanol–water partition coefficient (Wildman–Crippen LogP) is 5.93. The van der Waals surface area contributed by atoms with Crippen LogP contribution in [-0.2, 0) is 17.6 Å². The van der Waals surface area contributed by atoms with Crippen molar-refractivity contribution in [2.75, 3.05) is 0 Å². The second kappa shape index (κ2) is 11.8. The molecule has 2 aromatic carbocycles. The van der Waals surface area contributed by atoms with Crippen molar-refractivity contribution in [2.45, 2.75) is 76.0 Å². The number of benzene rings is 2. The molecule has 1 aliphatic rings. The molecular formula is C27H35NOSi. The average Bonchev–Trinajstić information content (AvgIpc) is 2.78. The lowest BCUT2D eigenvalue weighted by atomic mass is 9.99. The van der Waals surface area contributed by atoms with Crippen LogP contribution in [0.3, 0.4) is 0 Å². The van der Waals surface area contributed by atoms with Crippen LogP contribution >= 0.6 is 0 Å². The third kappa shape index (κ3) is 7.18. The van der Waals surface area contributed by atoms with Gasteiger partial charge in [0.05, 0.1) is 0 Å². The minimum atomic E-state index is -1.59. The van der Waals surface area contributed by atoms with Crippen LogP contribution in [-0.4, -0.2) is 20.0 Å². The van der Waals surface area contributed by atoms with Crippen LogP contribution in [0.4, 0.5) is 0 Å². The molecule has 0 bridgehead atoms. The summed E-state index contributed by atoms with van der Waals surface area (Å²) in [6, 6.07) is 24.7. The van der Waals surface area contributed by atoms with Crippen molar-refractivity contribution >= 4 is 14.0 Å². The molecule has 0 saturated carbocycles. The van der Waals surface area contributed by atoms with Gasteiger partial charge in [-0.25, -0.2) is 0 Å². The van der Waals surface area contributed by atoms with Gasteiger partial charge in [0, 0.05) is 6.04 Å². The van der Waals surface area contributed by atoms with Crippen LogP contribution in [0, 0.1) is 11.5 Å². The molecule has 0 aromatic heterocycles. The summed E-state index contributed by atoms with van der Waals surface area (Å²) in [6.45, 7) is 2.25. The van der Waals surface area contributed by atoms with E-state index in [0.717, 1.165) is 12.8 Å². The van der Waals surface area contributed by atoms with Crippen LogP contribution < -0.4 is 5.32 Å². The standard InChI is InChI=1S/C27H35NOSi/c1-2-3-18-30(19-11-6-12-20-30)21-17-27(29)28-26(22-24-13-7-4-8-14-24)23-25-15-9-5-10-16-25/h4-5,7-10,13-16,26H,2-3,6,11-12,18-20,22-23H2,1H3,(H,28,29). The highest BCUT2D eigenvalue weighted by molar-refractivity contribution is 6.87. The number of nitrogens with one attached hydrogen (secondary N) is 1. The number of amides is 1. The fourth-order valence-corrected chi connectivity index (χ4v) is 8.95. The van der Waals surface area contributed by atoms with Gasteiger partial charge in [0.15, 0.2) is 0 Å². The number of unbranched alkanes of at least 4 members (excludes halogenated alkanes) is 1. The van der Waals surface area contributed by atoms with Crippen molar-refractivity contribution in [1.29, 1.82) is 0 Å². The summed E-state index contributed by atoms with van der Waals surface area (Å²) in [5.41, 5.74) is 6.07. The van der Waals surface area contributed by atoms with Crippen molar-refractivity contribution in [3.8, 4) is 11.5 Å². The summed E-state index contributed by atoms with van der Waals surface area (Å²) < 4.78 is 0. The minimum absolute atomic E-state index is 0.0521. The fourth-order valence-electron chi connectivity index (χ4n) is 4.56. The zero-order valence-electron chi connectivity index (χ0n) is 18.3. The Labute approximate surface area is 183 Å². The van der Waals surface area contributed by atoms with E-state index in [0.29, 0.717) is 0 Å². The van der Waals surface area contributed by atoms with Crippen LogP contribution in [0.5, 0.6) is 0 Å². The Morgan fingerprint density at radius 2 is 1.50 bits per heavy atom. The van der Waals surface area contributed by atoms with Crippen molar-refractivity contribution in [3.05, 3.63) is 71.8 Å². The summed E-state index contributed by atoms with van der Waals surface area (Å²) in [4.78, 5) is 12.8. The summed E-state index contributed by atoms with van der Waals surface area (Å²) in [7, 11) is -1.59. The minimum Gasteiger partial charge on any atom is -0.342 e. The lowest BCUT2D eigenvalue weighted by Crippen LogP contribution is -2.39. The molecule has 1 N–H and O–H groups in total. The quantitative estimate of drug-likeness (QED) is 0.418. The molecule has 2 aromatic rings. The molecule has 0 atom stereocenters. The van der Waals surface area contributed by atoms with Gasteiger partial charge < -0.3 is 5.32 Å². The molecule has 2 nitrogen and oxygen atoms in total. The van der Waals surface area contributed by atoms with E-state index in [-0.39, 0.29) is 11.9 Å². The molecule has 1 fully saturated rings. The first kappa shape index (κ1) is 22.4. The third-order valence-electron chi connectivity index (χ3n) is 6.25. The van der Waals surface area contributed by atoms with Crippen LogP contribution in [0.15, 0.2) is 60.7 Å². The van der Waals surface area contributed by atoms with E-state index in [1.54, 1.807) is 0 Å². The van der Waals surface area contributed by atoms with E-state index in [1.165, 1.54) is 61.4 Å². The number of hydrogen-bond donors (Lipinski definition) is 1. The van der Waals surface area contributed by atoms with Gasteiger partial charge in [-0.3, -0.25) is 4.79 Å². The van der Waals surface area contributed by atoms with Crippen LogP contribution in [0.25, 0.3) is 0 Å². The smallest absolute Gasteiger partial charge is 0.295 e. The van der Waals surface area contributed by atoms with E-state index in [4.69, 9.17) is 0 Å². The Bertz CT molecular complexity index is 790. The SMILES string of the molecule is CCCC[Si]1(C#CC(=O)NC(Cc2ccccc2)Cc2ccccc2)CCCCC1. The molecule has 158 valence electrons. The van der Waals surface area contributed by atoms with Gasteiger partial charge >= 0.3 is 0 Å². The molecule has 0 unspecified atom stereocenters. The monoisotopic (exact) mass is 417 g/mol. The number of rotatable bonds is 8. The maximum Gasteiger partial charge on any atom is 0.295 e. The van der Waals surface area contributed by atoms with Gasteiger partial charge in [-0.15, -0.1) is 5.54 Å². The van der Waals surface area contributed by atoms with E-state index < -0.39 is 8.07 Å². The van der Waals surface area contributed by atoms with Gasteiger partial charge in [0.2, 0.25) is 0 Å². The average molecular weight is 418 g/mol. The largest absolute Gasteiger partial charge is 0.342 e. The van der Waals surface area contributed by atoms with Crippen molar-refractivity contribution in [3.63, 3.8) is 0 Å². The molecule has 1 aliphatic heterocycles. The van der Waals surface area contributed by atoms with E-state index >= 15 is 0 Å². The van der Waals surface area contributed by atoms with Gasteiger partial charge in [-0.05, 0) is 48.0 Å². The van der Waals surface area contributed by atoms with Crippen LogP contribution in [0.1, 0.15) is 50.2 Å². The normalized spacial score (nSPS) is 15.3. The molecule has 30 heavy (non-hydrogen) atoms. The Balaban J connectivity index is 1.69. The molecule has 0 radical (unpaired) electrons. The first-order valence-corrected chi connectivity index (χ1v) is 14.2.